The molecule has 0 saturated carbocycles. The van der Waals surface area contributed by atoms with Gasteiger partial charge in [0.05, 0.1) is 33.1 Å². The quantitative estimate of drug-likeness (QED) is 0.267. The third-order valence-electron chi connectivity index (χ3n) is 5.75. The smallest absolute Gasteiger partial charge is 0.336 e. The van der Waals surface area contributed by atoms with Crippen LogP contribution in [0.2, 0.25) is 0 Å². The van der Waals surface area contributed by atoms with Gasteiger partial charge in [-0.1, -0.05) is 0 Å². The fourth-order valence-corrected chi connectivity index (χ4v) is 4.33. The maximum Gasteiger partial charge on any atom is 0.336 e. The normalized spacial score (nSPS) is 15.1. The van der Waals surface area contributed by atoms with Gasteiger partial charge in [0, 0.05) is 29.2 Å². The van der Waals surface area contributed by atoms with E-state index >= 15 is 0 Å². The standard InChI is InChI=1S/C24H22O9/c1-10-6-17(26)32-23-19(10)22(28)20(11(2)25)24-21(23)13(8-18(27)33-24)12-7-15(30-4)16(31-5)9-14(12)29-3/h6-7,9,13,28H,8H2,1-5H3/t13-/m1/s1. The lowest BCUT2D eigenvalue weighted by Crippen LogP contribution is -2.24. The van der Waals surface area contributed by atoms with Crippen molar-refractivity contribution in [3.63, 3.8) is 0 Å². The van der Waals surface area contributed by atoms with Crippen LogP contribution >= 0.6 is 0 Å². The Kier molecular flexibility index (Phi) is 5.49. The Morgan fingerprint density at radius 3 is 2.27 bits per heavy atom. The molecule has 3 aromatic rings. The van der Waals surface area contributed by atoms with E-state index in [4.69, 9.17) is 23.4 Å². The number of hydrogen-bond donors (Lipinski definition) is 1. The minimum Gasteiger partial charge on any atom is -0.506 e. The average molecular weight is 454 g/mol. The van der Waals surface area contributed by atoms with Crippen molar-refractivity contribution in [2.24, 2.45) is 0 Å². The summed E-state index contributed by atoms with van der Waals surface area (Å²) in [5, 5.41) is 11.1. The van der Waals surface area contributed by atoms with E-state index in [1.807, 2.05) is 0 Å². The number of rotatable bonds is 5. The van der Waals surface area contributed by atoms with Gasteiger partial charge >= 0.3 is 11.6 Å². The Balaban J connectivity index is 2.17. The molecule has 33 heavy (non-hydrogen) atoms. The highest BCUT2D eigenvalue weighted by Crippen LogP contribution is 2.52. The number of esters is 1. The summed E-state index contributed by atoms with van der Waals surface area (Å²) >= 11 is 0. The molecule has 1 aliphatic heterocycles. The zero-order chi connectivity index (χ0) is 24.0. The van der Waals surface area contributed by atoms with Gasteiger partial charge in [-0.05, 0) is 25.5 Å². The molecular formula is C24H22O9. The molecule has 0 radical (unpaired) electrons. The van der Waals surface area contributed by atoms with Crippen LogP contribution in [0.3, 0.4) is 0 Å². The molecule has 9 heteroatoms. The third kappa shape index (κ3) is 3.45. The Hall–Kier alpha value is -4.01. The molecular weight excluding hydrogens is 432 g/mol. The number of Topliss-reactive ketones (excluding diaryl/α,β-unsaturated/α-hetero) is 1. The summed E-state index contributed by atoms with van der Waals surface area (Å²) in [6.07, 6.45) is -0.131. The van der Waals surface area contributed by atoms with Crippen LogP contribution in [0.15, 0.2) is 27.4 Å². The minimum atomic E-state index is -0.734. The molecule has 0 bridgehead atoms. The van der Waals surface area contributed by atoms with Crippen molar-refractivity contribution in [3.8, 4) is 28.7 Å². The number of aromatic hydroxyl groups is 1. The highest BCUT2D eigenvalue weighted by Gasteiger charge is 2.38. The third-order valence-corrected chi connectivity index (χ3v) is 5.75. The molecule has 4 rings (SSSR count). The summed E-state index contributed by atoms with van der Waals surface area (Å²) < 4.78 is 27.3. The molecule has 0 aliphatic carbocycles. The predicted octanol–water partition coefficient (Wildman–Crippen LogP) is 3.48. The van der Waals surface area contributed by atoms with Gasteiger partial charge in [0.2, 0.25) is 0 Å². The van der Waals surface area contributed by atoms with Crippen molar-refractivity contribution in [3.05, 3.63) is 50.9 Å². The molecule has 0 fully saturated rings. The van der Waals surface area contributed by atoms with E-state index in [9.17, 15) is 19.5 Å². The Morgan fingerprint density at radius 1 is 1.03 bits per heavy atom. The highest BCUT2D eigenvalue weighted by molar-refractivity contribution is 6.09. The molecule has 1 aliphatic rings. The first-order valence-electron chi connectivity index (χ1n) is 10.1. The molecule has 1 N–H and O–H groups in total. The van der Waals surface area contributed by atoms with Crippen molar-refractivity contribution >= 4 is 22.7 Å². The summed E-state index contributed by atoms with van der Waals surface area (Å²) in [6, 6.07) is 4.49. The lowest BCUT2D eigenvalue weighted by atomic mass is 9.82. The van der Waals surface area contributed by atoms with E-state index in [1.165, 1.54) is 34.3 Å². The first-order valence-corrected chi connectivity index (χ1v) is 10.1. The summed E-state index contributed by atoms with van der Waals surface area (Å²) in [6.45, 7) is 2.88. The Bertz CT molecular complexity index is 1370. The van der Waals surface area contributed by atoms with Gasteiger partial charge < -0.3 is 28.5 Å². The van der Waals surface area contributed by atoms with Gasteiger partial charge in [0.1, 0.15) is 22.6 Å². The molecule has 0 unspecified atom stereocenters. The lowest BCUT2D eigenvalue weighted by Gasteiger charge is -2.29. The molecule has 0 saturated heterocycles. The maximum atomic E-state index is 12.6. The van der Waals surface area contributed by atoms with E-state index in [-0.39, 0.29) is 28.7 Å². The van der Waals surface area contributed by atoms with Crippen LogP contribution < -0.4 is 24.6 Å². The summed E-state index contributed by atoms with van der Waals surface area (Å²) in [7, 11) is 4.42. The largest absolute Gasteiger partial charge is 0.506 e. The van der Waals surface area contributed by atoms with Crippen LogP contribution in [0.4, 0.5) is 0 Å². The maximum absolute atomic E-state index is 12.6. The fourth-order valence-electron chi connectivity index (χ4n) is 4.33. The summed E-state index contributed by atoms with van der Waals surface area (Å²) in [5.74, 6) is -1.23. The molecule has 1 aromatic heterocycles. The molecule has 2 aromatic carbocycles. The summed E-state index contributed by atoms with van der Waals surface area (Å²) in [4.78, 5) is 37.4. The molecule has 1 atom stereocenters. The number of fused-ring (bicyclic) bond motifs is 3. The number of ketones is 1. The first-order chi connectivity index (χ1) is 15.7. The Morgan fingerprint density at radius 2 is 1.67 bits per heavy atom. The number of carbonyl (C=O) groups is 2. The number of aryl methyl sites for hydroxylation is 1. The summed E-state index contributed by atoms with van der Waals surface area (Å²) in [5.41, 5.74) is 0.461. The number of ether oxygens (including phenoxy) is 4. The van der Waals surface area contributed by atoms with Crippen molar-refractivity contribution in [2.75, 3.05) is 21.3 Å². The van der Waals surface area contributed by atoms with Gasteiger partial charge in [-0.25, -0.2) is 4.79 Å². The number of carbonyl (C=O) groups excluding carboxylic acids is 2. The van der Waals surface area contributed by atoms with Crippen molar-refractivity contribution in [1.29, 1.82) is 0 Å². The number of phenols is 1. The molecule has 2 heterocycles. The van der Waals surface area contributed by atoms with Crippen molar-refractivity contribution in [2.45, 2.75) is 26.2 Å². The molecule has 0 spiro atoms. The number of hydrogen-bond acceptors (Lipinski definition) is 9. The van der Waals surface area contributed by atoms with E-state index in [0.717, 1.165) is 0 Å². The zero-order valence-corrected chi connectivity index (χ0v) is 18.7. The van der Waals surface area contributed by atoms with E-state index in [1.54, 1.807) is 19.1 Å². The van der Waals surface area contributed by atoms with Crippen LogP contribution in [0, 0.1) is 6.92 Å². The van der Waals surface area contributed by atoms with Crippen LogP contribution in [0.25, 0.3) is 11.0 Å². The number of phenolic OH excluding ortho intramolecular Hbond substituents is 1. The molecule has 172 valence electrons. The molecule has 0 amide bonds. The van der Waals surface area contributed by atoms with Crippen LogP contribution in [-0.2, 0) is 4.79 Å². The average Bonchev–Trinajstić information content (AvgIpc) is 2.76. The van der Waals surface area contributed by atoms with Crippen LogP contribution in [0.5, 0.6) is 28.7 Å². The zero-order valence-electron chi connectivity index (χ0n) is 18.7. The second kappa shape index (κ2) is 8.16. The second-order valence-electron chi connectivity index (χ2n) is 7.66. The fraction of sp³-hybridized carbons (Fsp3) is 0.292. The van der Waals surface area contributed by atoms with Crippen molar-refractivity contribution in [1.82, 2.24) is 0 Å². The van der Waals surface area contributed by atoms with Gasteiger partial charge in [0.25, 0.3) is 0 Å². The SMILES string of the molecule is COc1cc(OC)c([C@H]2CC(=O)Oc3c(C(C)=O)c(O)c4c(C)cc(=O)oc4c32)cc1OC. The van der Waals surface area contributed by atoms with Gasteiger partial charge in [-0.15, -0.1) is 0 Å². The highest BCUT2D eigenvalue weighted by atomic mass is 16.5. The second-order valence-corrected chi connectivity index (χ2v) is 7.66. The number of methoxy groups -OCH3 is 3. The van der Waals surface area contributed by atoms with Crippen LogP contribution in [-0.4, -0.2) is 38.2 Å². The van der Waals surface area contributed by atoms with Crippen LogP contribution in [0.1, 0.15) is 46.3 Å². The van der Waals surface area contributed by atoms with E-state index in [2.05, 4.69) is 0 Å². The number of benzene rings is 2. The van der Waals surface area contributed by atoms with Gasteiger partial charge in [-0.2, -0.15) is 0 Å². The minimum absolute atomic E-state index is 0.0341. The molecule has 9 nitrogen and oxygen atoms in total. The van der Waals surface area contributed by atoms with Gasteiger partial charge in [-0.3, -0.25) is 9.59 Å². The Labute approximate surface area is 188 Å². The van der Waals surface area contributed by atoms with Crippen molar-refractivity contribution < 1.29 is 38.1 Å². The lowest BCUT2D eigenvalue weighted by molar-refractivity contribution is -0.135. The van der Waals surface area contributed by atoms with Gasteiger partial charge in [0.15, 0.2) is 23.0 Å². The monoisotopic (exact) mass is 454 g/mol. The predicted molar refractivity (Wildman–Crippen MR) is 117 cm³/mol. The topological polar surface area (TPSA) is 122 Å². The van der Waals surface area contributed by atoms with E-state index < -0.39 is 29.0 Å². The van der Waals surface area contributed by atoms with E-state index in [0.29, 0.717) is 33.9 Å². The first kappa shape index (κ1) is 22.2.